The number of benzene rings is 1. The number of carboxylic acid groups (broad SMARTS) is 3. The molecule has 0 spiro atoms. The van der Waals surface area contributed by atoms with Crippen LogP contribution < -0.4 is 113 Å². The third kappa shape index (κ3) is 47.0. The molecule has 0 radical (unpaired) electrons. The predicted molar refractivity (Wildman–Crippen MR) is 535 cm³/mol. The molecule has 52 nitrogen and oxygen atoms in total. The van der Waals surface area contributed by atoms with Crippen LogP contribution in [0.2, 0.25) is 0 Å². The summed E-state index contributed by atoms with van der Waals surface area (Å²) in [6.07, 6.45) is -0.491. The molecule has 0 fully saturated rings. The summed E-state index contributed by atoms with van der Waals surface area (Å²) < 4.78 is 0. The molecule has 0 saturated carbocycles. The second-order valence-electron chi connectivity index (χ2n) is 38.3. The maximum absolute atomic E-state index is 14.6. The summed E-state index contributed by atoms with van der Waals surface area (Å²) in [6.45, 7) is 21.8. The zero-order valence-electron chi connectivity index (χ0n) is 85.1. The van der Waals surface area contributed by atoms with Crippen LogP contribution in [0, 0.1) is 41.4 Å². The number of hydrogen-bond acceptors (Lipinski definition) is 29. The SMILES string of the molecule is CC(C)C[C@H](NC(=O)[C@H](C)NC(=O)[C@H](CCC(=O)O)NC(=O)[C@@H](NC(=O)[C@H](CC(C)C)NC(=O)[C@H](Cc1c[nH]cn1)NC(=O)[C@H](CO)NC(=O)CNC(=O)[C@H](CS)NC(=O)[C@H](CC(C)C)NC(=O)[C@H](Cc1c[nH]cn1)NC(=O)[C@H](CCC(N)=O)NC(=O)[C@H](CC(N)=O)NC(=O)[C@@H](NC(=O)[C@@H](N)Cc1ccccc1)C(C)C)C(C)C)C(=O)N[C@@H](CCC(=O)O)C(=O)N[C@@H](CC(C)C)C(=O)N[C@H](C(=O)N[C@@H](CS)C(=O)O)C(C)C. The highest BCUT2D eigenvalue weighted by molar-refractivity contribution is 7.80. The van der Waals surface area contributed by atoms with Crippen molar-refractivity contribution in [3.05, 3.63) is 72.3 Å². The summed E-state index contributed by atoms with van der Waals surface area (Å²) in [5.41, 5.74) is 18.3. The number of imidazole rings is 2. The minimum atomic E-state index is -1.88. The summed E-state index contributed by atoms with van der Waals surface area (Å²) in [5, 5.41) is 83.7. The lowest BCUT2D eigenvalue weighted by molar-refractivity contribution is -0.142. The Morgan fingerprint density at radius 3 is 0.993 bits per heavy atom. The molecule has 0 saturated heterocycles. The first kappa shape index (κ1) is 127. The zero-order chi connectivity index (χ0) is 111. The van der Waals surface area contributed by atoms with E-state index in [-0.39, 0.29) is 67.0 Å². The standard InChI is InChI=1S/C93H147N25O27S2/c1-43(2)27-58(82(133)105-57(23-26-72(125)126)81(132)108-60(29-45(5)6)87(138)118-75(49(13)14)92(143)115-67(40-147)93(144)145)107-76(127)50(15)102-79(130)56(22-25-71(123)124)106-90(141)74(48(11)12)117-88(139)61(30-46(7)8)110-85(136)63(33-53-36-98-42-101-53)112-89(140)65(38-119)103-70(122)37-99-78(129)66(39-146)114-83(134)59(28-44(3)4)109-84(135)62(32-52-35-97-41-100-52)111-80(131)55(21-24-68(95)120)104-86(137)64(34-69(96)121)113-91(142)73(47(9)10)116-77(128)54(94)31-51-19-17-16-18-20-51/h16-20,35-36,41-50,54-67,73-75,119,146-147H,21-34,37-40,94H2,1-15H3,(H2,95,120)(H2,96,121)(H,97,100)(H,98,101)(H,99,129)(H,102,130)(H,103,122)(H,104,137)(H,105,133)(H,106,141)(H,107,127)(H,108,132)(H,109,135)(H,110,136)(H,111,131)(H,112,140)(H,113,142)(H,114,134)(H,115,143)(H,116,128)(H,117,139)(H,118,138)(H,123,124)(H,125,126)(H,144,145)/t50-,54-,55-,56-,57-,58-,59-,60-,61-,62-,63-,64-,65-,66-,67-,73-,74-,75-/m0/s1. The first-order valence-corrected chi connectivity index (χ1v) is 49.4. The second-order valence-corrected chi connectivity index (χ2v) is 39.0. The van der Waals surface area contributed by atoms with Crippen LogP contribution in [0.4, 0.5) is 0 Å². The van der Waals surface area contributed by atoms with Crippen LogP contribution in [0.5, 0.6) is 0 Å². The van der Waals surface area contributed by atoms with E-state index in [0.717, 1.165) is 5.56 Å². The third-order valence-corrected chi connectivity index (χ3v) is 23.2. The van der Waals surface area contributed by atoms with E-state index in [1.54, 1.807) is 113 Å². The van der Waals surface area contributed by atoms with Gasteiger partial charge in [0.2, 0.25) is 118 Å². The zero-order valence-corrected chi connectivity index (χ0v) is 86.8. The molecule has 0 aliphatic carbocycles. The summed E-state index contributed by atoms with van der Waals surface area (Å²) in [4.78, 5) is 328. The Morgan fingerprint density at radius 2 is 0.646 bits per heavy atom. The highest BCUT2D eigenvalue weighted by Gasteiger charge is 2.42. The van der Waals surface area contributed by atoms with Crippen molar-refractivity contribution in [2.45, 2.75) is 303 Å². The van der Waals surface area contributed by atoms with Gasteiger partial charge in [0, 0.05) is 56.0 Å². The molecular weight excluding hydrogens is 1960 g/mol. The number of thiol groups is 2. The van der Waals surface area contributed by atoms with Gasteiger partial charge < -0.3 is 143 Å². The number of nitrogens with one attached hydrogen (secondary N) is 20. The van der Waals surface area contributed by atoms with Gasteiger partial charge in [-0.1, -0.05) is 127 Å². The Kier molecular flexibility index (Phi) is 55.5. The number of amides is 20. The molecule has 2 heterocycles. The van der Waals surface area contributed by atoms with Crippen LogP contribution in [-0.2, 0) is 130 Å². The van der Waals surface area contributed by atoms with Gasteiger partial charge in [0.05, 0.1) is 49.7 Å². The Bertz CT molecular complexity index is 4950. The summed E-state index contributed by atoms with van der Waals surface area (Å²) in [6, 6.07) is -19.4. The van der Waals surface area contributed by atoms with Crippen LogP contribution in [0.1, 0.15) is 191 Å². The maximum atomic E-state index is 14.6. The topological polar surface area (TPSA) is 825 Å². The van der Waals surface area contributed by atoms with Crippen molar-refractivity contribution < 1.29 is 131 Å². The molecule has 20 amide bonds. The monoisotopic (exact) mass is 2110 g/mol. The number of carboxylic acids is 3. The van der Waals surface area contributed by atoms with Crippen LogP contribution in [-0.4, -0.2) is 310 Å². The fourth-order valence-corrected chi connectivity index (χ4v) is 15.1. The molecule has 30 N–H and O–H groups in total. The van der Waals surface area contributed by atoms with Gasteiger partial charge in [-0.15, -0.1) is 0 Å². The number of H-pyrrole nitrogens is 2. The van der Waals surface area contributed by atoms with Gasteiger partial charge in [0.15, 0.2) is 0 Å². The smallest absolute Gasteiger partial charge is 0.327 e. The van der Waals surface area contributed by atoms with Crippen molar-refractivity contribution in [1.29, 1.82) is 0 Å². The second kappa shape index (κ2) is 64.1. The van der Waals surface area contributed by atoms with Crippen molar-refractivity contribution in [2.75, 3.05) is 24.7 Å². The highest BCUT2D eigenvalue weighted by atomic mass is 32.1. The number of aliphatic hydroxyl groups excluding tert-OH is 1. The average molecular weight is 2110 g/mol. The number of carbonyl (C=O) groups excluding carboxylic acids is 20. The number of aromatic amines is 2. The quantitative estimate of drug-likeness (QED) is 0.0234. The molecule has 147 heavy (non-hydrogen) atoms. The molecule has 3 rings (SSSR count). The lowest BCUT2D eigenvalue weighted by Crippen LogP contribution is -2.61. The van der Waals surface area contributed by atoms with Crippen molar-refractivity contribution in [3.8, 4) is 0 Å². The number of nitrogens with two attached hydrogens (primary N) is 3. The number of carbonyl (C=O) groups is 23. The molecule has 0 unspecified atom stereocenters. The maximum Gasteiger partial charge on any atom is 0.327 e. The molecule has 0 aliphatic rings. The molecule has 0 bridgehead atoms. The molecule has 2 aromatic heterocycles. The lowest BCUT2D eigenvalue weighted by atomic mass is 9.98. The predicted octanol–water partition coefficient (Wildman–Crippen LogP) is -6.17. The molecule has 818 valence electrons. The highest BCUT2D eigenvalue weighted by Crippen LogP contribution is 2.18. The number of rotatable bonds is 68. The molecular formula is C93H147N25O27S2. The fraction of sp³-hybridized carbons (Fsp3) is 0.624. The van der Waals surface area contributed by atoms with E-state index in [4.69, 9.17) is 17.2 Å². The molecule has 18 atom stereocenters. The van der Waals surface area contributed by atoms with Crippen LogP contribution in [0.15, 0.2) is 55.4 Å². The Morgan fingerprint density at radius 1 is 0.333 bits per heavy atom. The first-order chi connectivity index (χ1) is 68.9. The number of aromatic nitrogens is 4. The fourth-order valence-electron chi connectivity index (χ4n) is 14.6. The van der Waals surface area contributed by atoms with E-state index in [0.29, 0.717) is 0 Å². The van der Waals surface area contributed by atoms with Gasteiger partial charge in [-0.3, -0.25) is 105 Å². The number of aliphatic carboxylic acids is 3. The first-order valence-electron chi connectivity index (χ1n) is 48.1. The number of hydrogen-bond donors (Lipinski definition) is 29. The van der Waals surface area contributed by atoms with Crippen LogP contribution >= 0.6 is 25.3 Å². The number of nitrogens with zero attached hydrogens (tertiary/aromatic N) is 2. The molecule has 54 heteroatoms. The number of aliphatic hydroxyl groups is 1. The van der Waals surface area contributed by atoms with Crippen LogP contribution in [0.3, 0.4) is 0 Å². The van der Waals surface area contributed by atoms with Gasteiger partial charge in [-0.25, -0.2) is 14.8 Å². The summed E-state index contributed by atoms with van der Waals surface area (Å²) >= 11 is 8.21. The van der Waals surface area contributed by atoms with E-state index >= 15 is 0 Å². The van der Waals surface area contributed by atoms with Crippen LogP contribution in [0.25, 0.3) is 0 Å². The Balaban J connectivity index is 1.83. The Labute approximate surface area is 861 Å². The van der Waals surface area contributed by atoms with Gasteiger partial charge in [0.1, 0.15) is 103 Å². The van der Waals surface area contributed by atoms with Gasteiger partial charge in [0.25, 0.3) is 0 Å². The van der Waals surface area contributed by atoms with E-state index in [2.05, 4.69) is 141 Å². The summed E-state index contributed by atoms with van der Waals surface area (Å²) in [5.74, 6) is -29.1. The number of primary amides is 2. The van der Waals surface area contributed by atoms with Gasteiger partial charge >= 0.3 is 17.9 Å². The minimum Gasteiger partial charge on any atom is -0.481 e. The van der Waals surface area contributed by atoms with E-state index < -0.39 is 345 Å². The molecule has 0 aliphatic heterocycles. The molecule has 1 aromatic carbocycles. The van der Waals surface area contributed by atoms with Crippen molar-refractivity contribution >= 4 is 161 Å². The lowest BCUT2D eigenvalue weighted by Gasteiger charge is -2.29. The van der Waals surface area contributed by atoms with Gasteiger partial charge in [-0.2, -0.15) is 25.3 Å². The minimum absolute atomic E-state index is 0.0554. The van der Waals surface area contributed by atoms with Gasteiger partial charge in [-0.05, 0) is 105 Å². The van der Waals surface area contributed by atoms with Crippen molar-refractivity contribution in [2.24, 2.45) is 58.6 Å². The van der Waals surface area contributed by atoms with Crippen molar-refractivity contribution in [1.82, 2.24) is 116 Å². The third-order valence-electron chi connectivity index (χ3n) is 22.5. The Hall–Kier alpha value is -13.9. The largest absolute Gasteiger partial charge is 0.481 e. The normalized spacial score (nSPS) is 15.0. The summed E-state index contributed by atoms with van der Waals surface area (Å²) in [7, 11) is 0. The van der Waals surface area contributed by atoms with Crippen molar-refractivity contribution in [3.63, 3.8) is 0 Å². The molecule has 3 aromatic rings. The van der Waals surface area contributed by atoms with E-state index in [1.807, 2.05) is 0 Å². The van der Waals surface area contributed by atoms with E-state index in [9.17, 15) is 131 Å². The average Bonchev–Trinajstić information content (AvgIpc) is 1.85. The van der Waals surface area contributed by atoms with E-state index in [1.165, 1.54) is 45.8 Å².